The molecule has 1 rings (SSSR count). The Hall–Kier alpha value is -0.490. The van der Waals surface area contributed by atoms with E-state index in [9.17, 15) is 0 Å². The summed E-state index contributed by atoms with van der Waals surface area (Å²) in [5.41, 5.74) is 5.82. The second-order valence-electron chi connectivity index (χ2n) is 3.52. The molecule has 1 aromatic heterocycles. The number of nitrogens with two attached hydrogens (primary N) is 1. The lowest BCUT2D eigenvalue weighted by Crippen LogP contribution is -2.11. The van der Waals surface area contributed by atoms with Gasteiger partial charge in [0.2, 0.25) is 0 Å². The average molecular weight is 215 g/mol. The Bertz CT molecular complexity index is 275. The fourth-order valence-corrected chi connectivity index (χ4v) is 2.21. The molecule has 0 aliphatic rings. The minimum Gasteiger partial charge on any atom is -0.396 e. The zero-order valence-electron chi connectivity index (χ0n) is 8.60. The van der Waals surface area contributed by atoms with Crippen molar-refractivity contribution in [1.29, 1.82) is 0 Å². The molecule has 1 unspecified atom stereocenters. The maximum Gasteiger partial charge on any atom is 0.110 e. The molecule has 3 N–H and O–H groups in total. The summed E-state index contributed by atoms with van der Waals surface area (Å²) in [7, 11) is 4.04. The molecule has 5 heteroatoms. The first-order valence-corrected chi connectivity index (χ1v) is 5.41. The standard InChI is InChI=1S/C9H17N3OS/c1-12(2)6-7-5-11-9(14-7)8(10)3-4-13/h5,8,13H,3-4,6,10H2,1-2H3. The van der Waals surface area contributed by atoms with Crippen LogP contribution in [-0.2, 0) is 6.54 Å². The van der Waals surface area contributed by atoms with Crippen molar-refractivity contribution in [3.63, 3.8) is 0 Å². The number of hydrogen-bond donors (Lipinski definition) is 2. The van der Waals surface area contributed by atoms with Crippen LogP contribution >= 0.6 is 11.3 Å². The molecule has 1 heterocycles. The van der Waals surface area contributed by atoms with E-state index in [2.05, 4.69) is 9.88 Å². The molecule has 0 aliphatic carbocycles. The van der Waals surface area contributed by atoms with Crippen LogP contribution in [0.4, 0.5) is 0 Å². The highest BCUT2D eigenvalue weighted by Crippen LogP contribution is 2.21. The monoisotopic (exact) mass is 215 g/mol. The van der Waals surface area contributed by atoms with E-state index in [1.54, 1.807) is 11.3 Å². The number of aliphatic hydroxyl groups excluding tert-OH is 1. The van der Waals surface area contributed by atoms with Crippen molar-refractivity contribution in [3.8, 4) is 0 Å². The highest BCUT2D eigenvalue weighted by molar-refractivity contribution is 7.11. The van der Waals surface area contributed by atoms with Gasteiger partial charge in [0.1, 0.15) is 5.01 Å². The normalized spacial score (nSPS) is 13.5. The summed E-state index contributed by atoms with van der Waals surface area (Å²) < 4.78 is 0. The smallest absolute Gasteiger partial charge is 0.110 e. The fourth-order valence-electron chi connectivity index (χ4n) is 1.14. The third kappa shape index (κ3) is 3.34. The van der Waals surface area contributed by atoms with Gasteiger partial charge in [0.05, 0.1) is 6.04 Å². The largest absolute Gasteiger partial charge is 0.396 e. The first kappa shape index (κ1) is 11.6. The summed E-state index contributed by atoms with van der Waals surface area (Å²) in [6.07, 6.45) is 2.44. The summed E-state index contributed by atoms with van der Waals surface area (Å²) in [5.74, 6) is 0. The lowest BCUT2D eigenvalue weighted by atomic mass is 10.2. The van der Waals surface area contributed by atoms with E-state index >= 15 is 0 Å². The molecule has 4 nitrogen and oxygen atoms in total. The van der Waals surface area contributed by atoms with E-state index in [4.69, 9.17) is 10.8 Å². The molecule has 0 bridgehead atoms. The van der Waals surface area contributed by atoms with Gasteiger partial charge in [-0.3, -0.25) is 0 Å². The summed E-state index contributed by atoms with van der Waals surface area (Å²) in [6, 6.07) is -0.124. The third-order valence-electron chi connectivity index (χ3n) is 1.80. The molecule has 0 amide bonds. The highest BCUT2D eigenvalue weighted by Gasteiger charge is 2.10. The van der Waals surface area contributed by atoms with Gasteiger partial charge in [0.15, 0.2) is 0 Å². The van der Waals surface area contributed by atoms with Gasteiger partial charge in [0.25, 0.3) is 0 Å². The first-order valence-electron chi connectivity index (χ1n) is 4.59. The van der Waals surface area contributed by atoms with Gasteiger partial charge in [0, 0.05) is 24.2 Å². The number of thiazole rings is 1. The van der Waals surface area contributed by atoms with Crippen molar-refractivity contribution in [3.05, 3.63) is 16.1 Å². The third-order valence-corrected chi connectivity index (χ3v) is 2.91. The van der Waals surface area contributed by atoms with Gasteiger partial charge < -0.3 is 15.7 Å². The predicted molar refractivity (Wildman–Crippen MR) is 58.1 cm³/mol. The molecule has 1 aromatic rings. The maximum atomic E-state index is 8.74. The lowest BCUT2D eigenvalue weighted by Gasteiger charge is -2.06. The van der Waals surface area contributed by atoms with Crippen LogP contribution in [0.15, 0.2) is 6.20 Å². The van der Waals surface area contributed by atoms with Crippen LogP contribution < -0.4 is 5.73 Å². The molecule has 0 aromatic carbocycles. The zero-order chi connectivity index (χ0) is 10.6. The fraction of sp³-hybridized carbons (Fsp3) is 0.667. The van der Waals surface area contributed by atoms with E-state index in [0.717, 1.165) is 11.6 Å². The number of nitrogens with zero attached hydrogens (tertiary/aromatic N) is 2. The molecule has 14 heavy (non-hydrogen) atoms. The quantitative estimate of drug-likeness (QED) is 0.754. The van der Waals surface area contributed by atoms with E-state index in [0.29, 0.717) is 6.42 Å². The summed E-state index contributed by atoms with van der Waals surface area (Å²) in [5, 5.41) is 9.65. The molecule has 0 aliphatic heterocycles. The Morgan fingerprint density at radius 2 is 2.36 bits per heavy atom. The van der Waals surface area contributed by atoms with E-state index in [1.165, 1.54) is 4.88 Å². The van der Waals surface area contributed by atoms with Crippen LogP contribution in [0, 0.1) is 0 Å². The van der Waals surface area contributed by atoms with Gasteiger partial charge in [-0.2, -0.15) is 0 Å². The molecule has 0 radical (unpaired) electrons. The van der Waals surface area contributed by atoms with Gasteiger partial charge in [-0.15, -0.1) is 11.3 Å². The molecule has 1 atom stereocenters. The molecule has 0 fully saturated rings. The number of aromatic nitrogens is 1. The van der Waals surface area contributed by atoms with Crippen molar-refractivity contribution in [1.82, 2.24) is 9.88 Å². The molecule has 0 spiro atoms. The minimum absolute atomic E-state index is 0.115. The maximum absolute atomic E-state index is 8.74. The SMILES string of the molecule is CN(C)Cc1cnc(C(N)CCO)s1. The minimum atomic E-state index is -0.124. The van der Waals surface area contributed by atoms with Gasteiger partial charge in [-0.05, 0) is 20.5 Å². The van der Waals surface area contributed by atoms with Crippen LogP contribution in [0.3, 0.4) is 0 Å². The second-order valence-corrected chi connectivity index (χ2v) is 4.67. The zero-order valence-corrected chi connectivity index (χ0v) is 9.42. The first-order chi connectivity index (χ1) is 6.63. The Kier molecular flexibility index (Phi) is 4.47. The van der Waals surface area contributed by atoms with Gasteiger partial charge >= 0.3 is 0 Å². The Balaban J connectivity index is 2.58. The molecular weight excluding hydrogens is 198 g/mol. The Labute approximate surface area is 88.4 Å². The molecule has 80 valence electrons. The number of aliphatic hydroxyl groups is 1. The van der Waals surface area contributed by atoms with Crippen LogP contribution in [0.5, 0.6) is 0 Å². The predicted octanol–water partition coefficient (Wildman–Crippen LogP) is 0.587. The van der Waals surface area contributed by atoms with E-state index < -0.39 is 0 Å². The number of hydrogen-bond acceptors (Lipinski definition) is 5. The van der Waals surface area contributed by atoms with Gasteiger partial charge in [-0.1, -0.05) is 0 Å². The van der Waals surface area contributed by atoms with Crippen LogP contribution in [0.2, 0.25) is 0 Å². The van der Waals surface area contributed by atoms with Crippen molar-refractivity contribution in [2.24, 2.45) is 5.73 Å². The lowest BCUT2D eigenvalue weighted by molar-refractivity contribution is 0.276. The molecular formula is C9H17N3OS. The Morgan fingerprint density at radius 1 is 1.64 bits per heavy atom. The topological polar surface area (TPSA) is 62.4 Å². The van der Waals surface area contributed by atoms with E-state index in [-0.39, 0.29) is 12.6 Å². The van der Waals surface area contributed by atoms with Crippen LogP contribution in [-0.4, -0.2) is 35.7 Å². The van der Waals surface area contributed by atoms with Gasteiger partial charge in [-0.25, -0.2) is 4.98 Å². The van der Waals surface area contributed by atoms with Crippen molar-refractivity contribution < 1.29 is 5.11 Å². The van der Waals surface area contributed by atoms with E-state index in [1.807, 2.05) is 20.3 Å². The van der Waals surface area contributed by atoms with Crippen molar-refractivity contribution in [2.75, 3.05) is 20.7 Å². The Morgan fingerprint density at radius 3 is 2.93 bits per heavy atom. The second kappa shape index (κ2) is 5.41. The van der Waals surface area contributed by atoms with Crippen molar-refractivity contribution >= 4 is 11.3 Å². The van der Waals surface area contributed by atoms with Crippen LogP contribution in [0.1, 0.15) is 22.3 Å². The molecule has 0 saturated heterocycles. The summed E-state index contributed by atoms with van der Waals surface area (Å²) >= 11 is 1.62. The highest BCUT2D eigenvalue weighted by atomic mass is 32.1. The average Bonchev–Trinajstić information content (AvgIpc) is 2.52. The number of rotatable bonds is 5. The summed E-state index contributed by atoms with van der Waals surface area (Å²) in [4.78, 5) is 7.54. The summed E-state index contributed by atoms with van der Waals surface area (Å²) in [6.45, 7) is 1.01. The molecule has 0 saturated carbocycles. The van der Waals surface area contributed by atoms with Crippen LogP contribution in [0.25, 0.3) is 0 Å². The van der Waals surface area contributed by atoms with Crippen molar-refractivity contribution in [2.45, 2.75) is 19.0 Å².